The minimum atomic E-state index is 0.0999. The zero-order chi connectivity index (χ0) is 9.14. The molecule has 0 aliphatic carbocycles. The SMILES string of the molecule is CC(=O)C(C)=Cc1nc(C)cs1. The van der Waals surface area contributed by atoms with Crippen molar-refractivity contribution in [3.8, 4) is 0 Å². The Labute approximate surface area is 76.0 Å². The minimum absolute atomic E-state index is 0.0999. The van der Waals surface area contributed by atoms with E-state index in [0.717, 1.165) is 16.3 Å². The van der Waals surface area contributed by atoms with Crippen molar-refractivity contribution in [2.24, 2.45) is 0 Å². The summed E-state index contributed by atoms with van der Waals surface area (Å²) in [4.78, 5) is 15.1. The summed E-state index contributed by atoms with van der Waals surface area (Å²) in [5, 5.41) is 2.87. The first-order valence-corrected chi connectivity index (χ1v) is 4.59. The van der Waals surface area contributed by atoms with Gasteiger partial charge in [-0.15, -0.1) is 11.3 Å². The third-order valence-electron chi connectivity index (χ3n) is 1.53. The molecule has 0 aliphatic rings. The number of aromatic nitrogens is 1. The Bertz CT molecular complexity index is 325. The van der Waals surface area contributed by atoms with Gasteiger partial charge in [-0.05, 0) is 32.4 Å². The largest absolute Gasteiger partial charge is 0.295 e. The van der Waals surface area contributed by atoms with Crippen LogP contribution in [-0.2, 0) is 4.79 Å². The fraction of sp³-hybridized carbons (Fsp3) is 0.333. The summed E-state index contributed by atoms with van der Waals surface area (Å²) in [6, 6.07) is 0. The van der Waals surface area contributed by atoms with Gasteiger partial charge in [-0.25, -0.2) is 4.98 Å². The summed E-state index contributed by atoms with van der Waals surface area (Å²) in [5.41, 5.74) is 1.76. The topological polar surface area (TPSA) is 30.0 Å². The monoisotopic (exact) mass is 181 g/mol. The van der Waals surface area contributed by atoms with Crippen LogP contribution in [0.3, 0.4) is 0 Å². The molecular formula is C9H11NOS. The highest BCUT2D eigenvalue weighted by molar-refractivity contribution is 7.10. The van der Waals surface area contributed by atoms with Gasteiger partial charge in [-0.2, -0.15) is 0 Å². The molecular weight excluding hydrogens is 170 g/mol. The smallest absolute Gasteiger partial charge is 0.155 e. The zero-order valence-electron chi connectivity index (χ0n) is 7.42. The normalized spacial score (nSPS) is 11.8. The molecule has 1 aromatic rings. The van der Waals surface area contributed by atoms with Gasteiger partial charge >= 0.3 is 0 Å². The van der Waals surface area contributed by atoms with Gasteiger partial charge in [-0.3, -0.25) is 4.79 Å². The maximum atomic E-state index is 10.9. The van der Waals surface area contributed by atoms with Gasteiger partial charge in [0.1, 0.15) is 5.01 Å². The molecule has 1 heterocycles. The van der Waals surface area contributed by atoms with Gasteiger partial charge in [0.2, 0.25) is 0 Å². The molecule has 0 saturated heterocycles. The Morgan fingerprint density at radius 2 is 2.25 bits per heavy atom. The molecule has 0 spiro atoms. The van der Waals surface area contributed by atoms with E-state index in [1.165, 1.54) is 0 Å². The second kappa shape index (κ2) is 3.63. The van der Waals surface area contributed by atoms with E-state index in [2.05, 4.69) is 4.98 Å². The number of aryl methyl sites for hydroxylation is 1. The highest BCUT2D eigenvalue weighted by Crippen LogP contribution is 2.12. The third kappa shape index (κ3) is 2.27. The maximum absolute atomic E-state index is 10.9. The minimum Gasteiger partial charge on any atom is -0.295 e. The van der Waals surface area contributed by atoms with E-state index in [4.69, 9.17) is 0 Å². The summed E-state index contributed by atoms with van der Waals surface area (Å²) in [6.45, 7) is 5.31. The predicted molar refractivity (Wildman–Crippen MR) is 51.2 cm³/mol. The highest BCUT2D eigenvalue weighted by atomic mass is 32.1. The van der Waals surface area contributed by atoms with Crippen molar-refractivity contribution in [3.05, 3.63) is 21.7 Å². The van der Waals surface area contributed by atoms with Gasteiger partial charge in [0.15, 0.2) is 5.78 Å². The van der Waals surface area contributed by atoms with Crippen LogP contribution in [0.25, 0.3) is 6.08 Å². The van der Waals surface area contributed by atoms with Gasteiger partial charge in [0.05, 0.1) is 0 Å². The molecule has 1 aromatic heterocycles. The second-order valence-electron chi connectivity index (χ2n) is 2.71. The first-order valence-electron chi connectivity index (χ1n) is 3.71. The number of nitrogens with zero attached hydrogens (tertiary/aromatic N) is 1. The number of allylic oxidation sites excluding steroid dienone is 1. The molecule has 0 fully saturated rings. The van der Waals surface area contributed by atoms with Crippen molar-refractivity contribution in [1.82, 2.24) is 4.98 Å². The van der Waals surface area contributed by atoms with E-state index in [-0.39, 0.29) is 5.78 Å². The summed E-state index contributed by atoms with van der Waals surface area (Å²) < 4.78 is 0. The molecule has 0 radical (unpaired) electrons. The number of carbonyl (C=O) groups is 1. The van der Waals surface area contributed by atoms with E-state index < -0.39 is 0 Å². The molecule has 0 saturated carbocycles. The zero-order valence-corrected chi connectivity index (χ0v) is 8.23. The average Bonchev–Trinajstić information content (AvgIpc) is 2.35. The number of ketones is 1. The van der Waals surface area contributed by atoms with Crippen LogP contribution in [0, 0.1) is 6.92 Å². The Morgan fingerprint density at radius 3 is 2.67 bits per heavy atom. The molecule has 64 valence electrons. The number of hydrogen-bond donors (Lipinski definition) is 0. The standard InChI is InChI=1S/C9H11NOS/c1-6(8(3)11)4-9-10-7(2)5-12-9/h4-5H,1-3H3. The Kier molecular flexibility index (Phi) is 2.76. The van der Waals surface area contributed by atoms with Crippen LogP contribution in [0.15, 0.2) is 11.0 Å². The van der Waals surface area contributed by atoms with Crippen LogP contribution in [0.2, 0.25) is 0 Å². The van der Waals surface area contributed by atoms with E-state index in [1.54, 1.807) is 25.2 Å². The van der Waals surface area contributed by atoms with E-state index in [9.17, 15) is 4.79 Å². The Balaban J connectivity index is 2.87. The lowest BCUT2D eigenvalue weighted by Crippen LogP contribution is -1.90. The van der Waals surface area contributed by atoms with Gasteiger partial charge in [0, 0.05) is 11.1 Å². The van der Waals surface area contributed by atoms with Crippen molar-refractivity contribution in [1.29, 1.82) is 0 Å². The van der Waals surface area contributed by atoms with Crippen molar-refractivity contribution >= 4 is 23.2 Å². The Morgan fingerprint density at radius 1 is 1.58 bits per heavy atom. The number of carbonyl (C=O) groups excluding carboxylic acids is 1. The van der Waals surface area contributed by atoms with E-state index in [1.807, 2.05) is 18.4 Å². The van der Waals surface area contributed by atoms with E-state index >= 15 is 0 Å². The Hall–Kier alpha value is -0.960. The molecule has 0 aliphatic heterocycles. The summed E-state index contributed by atoms with van der Waals surface area (Å²) in [6.07, 6.45) is 1.82. The van der Waals surface area contributed by atoms with Crippen LogP contribution >= 0.6 is 11.3 Å². The second-order valence-corrected chi connectivity index (χ2v) is 3.60. The molecule has 3 heteroatoms. The van der Waals surface area contributed by atoms with Crippen molar-refractivity contribution < 1.29 is 4.79 Å². The lowest BCUT2D eigenvalue weighted by atomic mass is 10.2. The van der Waals surface area contributed by atoms with E-state index in [0.29, 0.717) is 0 Å². The van der Waals surface area contributed by atoms with Gasteiger partial charge in [0.25, 0.3) is 0 Å². The van der Waals surface area contributed by atoms with Crippen molar-refractivity contribution in [3.63, 3.8) is 0 Å². The van der Waals surface area contributed by atoms with Crippen LogP contribution in [0.1, 0.15) is 24.5 Å². The molecule has 0 bridgehead atoms. The first-order chi connectivity index (χ1) is 5.59. The molecule has 0 aromatic carbocycles. The molecule has 2 nitrogen and oxygen atoms in total. The van der Waals surface area contributed by atoms with Crippen LogP contribution in [0.5, 0.6) is 0 Å². The van der Waals surface area contributed by atoms with Gasteiger partial charge < -0.3 is 0 Å². The first kappa shape index (κ1) is 9.13. The van der Waals surface area contributed by atoms with Gasteiger partial charge in [-0.1, -0.05) is 0 Å². The van der Waals surface area contributed by atoms with Crippen molar-refractivity contribution in [2.75, 3.05) is 0 Å². The number of thiazole rings is 1. The summed E-state index contributed by atoms with van der Waals surface area (Å²) in [7, 11) is 0. The number of rotatable bonds is 2. The quantitative estimate of drug-likeness (QED) is 0.656. The highest BCUT2D eigenvalue weighted by Gasteiger charge is 1.98. The fourth-order valence-corrected chi connectivity index (χ4v) is 1.51. The molecule has 1 rings (SSSR count). The summed E-state index contributed by atoms with van der Waals surface area (Å²) >= 11 is 1.56. The maximum Gasteiger partial charge on any atom is 0.155 e. The predicted octanol–water partition coefficient (Wildman–Crippen LogP) is 2.44. The number of hydrogen-bond acceptors (Lipinski definition) is 3. The lowest BCUT2D eigenvalue weighted by molar-refractivity contribution is -0.113. The molecule has 12 heavy (non-hydrogen) atoms. The third-order valence-corrected chi connectivity index (χ3v) is 2.44. The summed E-state index contributed by atoms with van der Waals surface area (Å²) in [5.74, 6) is 0.0999. The number of Topliss-reactive ketones (excluding diaryl/α,β-unsaturated/α-hetero) is 1. The molecule has 0 N–H and O–H groups in total. The van der Waals surface area contributed by atoms with Crippen LogP contribution in [-0.4, -0.2) is 10.8 Å². The molecule has 0 amide bonds. The molecule has 0 unspecified atom stereocenters. The fourth-order valence-electron chi connectivity index (χ4n) is 0.725. The molecule has 0 atom stereocenters. The average molecular weight is 181 g/mol. The van der Waals surface area contributed by atoms with Crippen molar-refractivity contribution in [2.45, 2.75) is 20.8 Å². The van der Waals surface area contributed by atoms with Crippen LogP contribution < -0.4 is 0 Å². The van der Waals surface area contributed by atoms with Crippen LogP contribution in [0.4, 0.5) is 0 Å². The lowest BCUT2D eigenvalue weighted by Gasteiger charge is -1.90.